The van der Waals surface area contributed by atoms with E-state index in [2.05, 4.69) is 0 Å². The lowest BCUT2D eigenvalue weighted by molar-refractivity contribution is -0.385. The fourth-order valence-corrected chi connectivity index (χ4v) is 1.76. The van der Waals surface area contributed by atoms with Crippen molar-refractivity contribution in [1.29, 1.82) is 0 Å². The second-order valence-corrected chi connectivity index (χ2v) is 4.17. The van der Waals surface area contributed by atoms with Crippen molar-refractivity contribution in [2.45, 2.75) is 5.88 Å². The maximum absolute atomic E-state index is 13.3. The number of ether oxygens (including phenoxy) is 1. The van der Waals surface area contributed by atoms with Gasteiger partial charge in [0.2, 0.25) is 5.75 Å². The third kappa shape index (κ3) is 3.21. The minimum Gasteiger partial charge on any atom is -0.450 e. The SMILES string of the molecule is O=[N+]([O-])c1cc(F)ccc1Oc1cc(F)cc(CCl)c1. The number of rotatable bonds is 4. The summed E-state index contributed by atoms with van der Waals surface area (Å²) in [4.78, 5) is 10.0. The van der Waals surface area contributed by atoms with E-state index in [4.69, 9.17) is 16.3 Å². The largest absolute Gasteiger partial charge is 0.450 e. The first kappa shape index (κ1) is 14.2. The van der Waals surface area contributed by atoms with Gasteiger partial charge in [-0.1, -0.05) is 0 Å². The van der Waals surface area contributed by atoms with Gasteiger partial charge in [0.25, 0.3) is 0 Å². The smallest absolute Gasteiger partial charge is 0.314 e. The van der Waals surface area contributed by atoms with Crippen LogP contribution in [0.1, 0.15) is 5.56 Å². The number of alkyl halides is 1. The highest BCUT2D eigenvalue weighted by Crippen LogP contribution is 2.32. The summed E-state index contributed by atoms with van der Waals surface area (Å²) in [7, 11) is 0. The highest BCUT2D eigenvalue weighted by molar-refractivity contribution is 6.17. The molecule has 0 aromatic heterocycles. The summed E-state index contributed by atoms with van der Waals surface area (Å²) < 4.78 is 31.5. The van der Waals surface area contributed by atoms with Crippen LogP contribution in [0.2, 0.25) is 0 Å². The summed E-state index contributed by atoms with van der Waals surface area (Å²) in [5, 5.41) is 10.8. The molecule has 2 aromatic rings. The molecule has 0 saturated carbocycles. The van der Waals surface area contributed by atoms with Crippen molar-refractivity contribution < 1.29 is 18.4 Å². The Hall–Kier alpha value is -2.21. The van der Waals surface area contributed by atoms with Gasteiger partial charge in [0.1, 0.15) is 17.4 Å². The Balaban J connectivity index is 2.39. The molecule has 0 spiro atoms. The average molecular weight is 300 g/mol. The fraction of sp³-hybridized carbons (Fsp3) is 0.0769. The predicted octanol–water partition coefficient (Wildman–Crippen LogP) is 4.40. The fourth-order valence-electron chi connectivity index (χ4n) is 1.60. The molecule has 0 atom stereocenters. The zero-order valence-electron chi connectivity index (χ0n) is 9.98. The molecular formula is C13H8ClF2NO3. The highest BCUT2D eigenvalue weighted by atomic mass is 35.5. The van der Waals surface area contributed by atoms with Gasteiger partial charge in [0.15, 0.2) is 0 Å². The lowest BCUT2D eigenvalue weighted by Gasteiger charge is -2.07. The van der Waals surface area contributed by atoms with Gasteiger partial charge >= 0.3 is 5.69 Å². The zero-order valence-corrected chi connectivity index (χ0v) is 10.7. The number of nitro benzene ring substituents is 1. The minimum absolute atomic E-state index is 0.0513. The number of hydrogen-bond donors (Lipinski definition) is 0. The van der Waals surface area contributed by atoms with Gasteiger partial charge in [-0.05, 0) is 29.8 Å². The van der Waals surface area contributed by atoms with Crippen molar-refractivity contribution in [3.63, 3.8) is 0 Å². The van der Waals surface area contributed by atoms with Crippen molar-refractivity contribution >= 4 is 17.3 Å². The monoisotopic (exact) mass is 299 g/mol. The Kier molecular flexibility index (Phi) is 4.14. The van der Waals surface area contributed by atoms with Crippen molar-refractivity contribution in [3.05, 3.63) is 63.7 Å². The molecule has 0 aliphatic carbocycles. The summed E-state index contributed by atoms with van der Waals surface area (Å²) in [5.74, 6) is -1.40. The van der Waals surface area contributed by atoms with E-state index in [1.807, 2.05) is 0 Å². The molecule has 2 aromatic carbocycles. The molecule has 0 aliphatic rings. The van der Waals surface area contributed by atoms with Crippen LogP contribution in [0.25, 0.3) is 0 Å². The van der Waals surface area contributed by atoms with Crippen LogP contribution >= 0.6 is 11.6 Å². The first-order valence-electron chi connectivity index (χ1n) is 5.47. The van der Waals surface area contributed by atoms with Crippen LogP contribution in [-0.4, -0.2) is 4.92 Å². The van der Waals surface area contributed by atoms with Gasteiger partial charge < -0.3 is 4.74 Å². The second kappa shape index (κ2) is 5.83. The summed E-state index contributed by atoms with van der Waals surface area (Å²) in [6.07, 6.45) is 0. The first-order chi connectivity index (χ1) is 9.49. The molecule has 104 valence electrons. The molecule has 0 bridgehead atoms. The van der Waals surface area contributed by atoms with Crippen molar-refractivity contribution in [2.75, 3.05) is 0 Å². The normalized spacial score (nSPS) is 10.3. The van der Waals surface area contributed by atoms with Crippen LogP contribution in [-0.2, 0) is 5.88 Å². The molecule has 4 nitrogen and oxygen atoms in total. The van der Waals surface area contributed by atoms with Gasteiger partial charge in [-0.2, -0.15) is 0 Å². The van der Waals surface area contributed by atoms with Crippen LogP contribution in [0.15, 0.2) is 36.4 Å². The third-order valence-corrected chi connectivity index (χ3v) is 2.74. The maximum atomic E-state index is 13.3. The van der Waals surface area contributed by atoms with Crippen molar-refractivity contribution in [2.24, 2.45) is 0 Å². The zero-order chi connectivity index (χ0) is 14.7. The number of hydrogen-bond acceptors (Lipinski definition) is 3. The lowest BCUT2D eigenvalue weighted by Crippen LogP contribution is -1.95. The van der Waals surface area contributed by atoms with Crippen molar-refractivity contribution in [1.82, 2.24) is 0 Å². The van der Waals surface area contributed by atoms with E-state index in [1.54, 1.807) is 0 Å². The molecule has 0 radical (unpaired) electrons. The van der Waals surface area contributed by atoms with Gasteiger partial charge in [-0.25, -0.2) is 8.78 Å². The number of nitrogens with zero attached hydrogens (tertiary/aromatic N) is 1. The molecule has 0 saturated heterocycles. The van der Waals surface area contributed by atoms with E-state index in [9.17, 15) is 18.9 Å². The van der Waals surface area contributed by atoms with Crippen LogP contribution < -0.4 is 4.74 Å². The van der Waals surface area contributed by atoms with Crippen LogP contribution in [0.4, 0.5) is 14.5 Å². The summed E-state index contributed by atoms with van der Waals surface area (Å²) in [5.41, 5.74) is -0.0758. The van der Waals surface area contributed by atoms with Gasteiger partial charge in [-0.15, -0.1) is 11.6 Å². The maximum Gasteiger partial charge on any atom is 0.314 e. The number of nitro groups is 1. The Bertz CT molecular complexity index is 664. The molecule has 0 aliphatic heterocycles. The quantitative estimate of drug-likeness (QED) is 0.477. The van der Waals surface area contributed by atoms with E-state index < -0.39 is 22.2 Å². The van der Waals surface area contributed by atoms with Crippen molar-refractivity contribution in [3.8, 4) is 11.5 Å². The van der Waals surface area contributed by atoms with E-state index in [0.29, 0.717) is 5.56 Å². The predicted molar refractivity (Wildman–Crippen MR) is 69.1 cm³/mol. The third-order valence-electron chi connectivity index (χ3n) is 2.43. The summed E-state index contributed by atoms with van der Waals surface area (Å²) in [6.45, 7) is 0. The average Bonchev–Trinajstić information content (AvgIpc) is 2.40. The topological polar surface area (TPSA) is 52.4 Å². The molecular weight excluding hydrogens is 292 g/mol. The molecule has 7 heteroatoms. The van der Waals surface area contributed by atoms with Gasteiger partial charge in [0.05, 0.1) is 11.0 Å². The summed E-state index contributed by atoms with van der Waals surface area (Å²) >= 11 is 5.60. The van der Waals surface area contributed by atoms with E-state index in [1.165, 1.54) is 12.1 Å². The van der Waals surface area contributed by atoms with E-state index in [-0.39, 0.29) is 17.4 Å². The lowest BCUT2D eigenvalue weighted by atomic mass is 10.2. The molecule has 2 rings (SSSR count). The Labute approximate surface area is 117 Å². The van der Waals surface area contributed by atoms with Crippen LogP contribution in [0.5, 0.6) is 11.5 Å². The van der Waals surface area contributed by atoms with Gasteiger partial charge in [0, 0.05) is 11.9 Å². The molecule has 0 unspecified atom stereocenters. The Morgan fingerprint density at radius 1 is 1.15 bits per heavy atom. The Morgan fingerprint density at radius 2 is 1.90 bits per heavy atom. The molecule has 0 fully saturated rings. The molecule has 20 heavy (non-hydrogen) atoms. The molecule has 0 amide bonds. The highest BCUT2D eigenvalue weighted by Gasteiger charge is 2.17. The second-order valence-electron chi connectivity index (χ2n) is 3.90. The molecule has 0 N–H and O–H groups in total. The molecule has 0 heterocycles. The first-order valence-corrected chi connectivity index (χ1v) is 6.00. The number of benzene rings is 2. The standard InChI is InChI=1S/C13H8ClF2NO3/c14-7-8-3-10(16)5-11(4-8)20-13-2-1-9(15)6-12(13)17(18)19/h1-6H,7H2. The van der Waals surface area contributed by atoms with Crippen LogP contribution in [0.3, 0.4) is 0 Å². The van der Waals surface area contributed by atoms with Gasteiger partial charge in [-0.3, -0.25) is 10.1 Å². The summed E-state index contributed by atoms with van der Waals surface area (Å²) in [6, 6.07) is 6.59. The van der Waals surface area contributed by atoms with E-state index in [0.717, 1.165) is 24.3 Å². The number of halogens is 3. The Morgan fingerprint density at radius 3 is 2.55 bits per heavy atom. The van der Waals surface area contributed by atoms with E-state index >= 15 is 0 Å². The van der Waals surface area contributed by atoms with Crippen LogP contribution in [0, 0.1) is 21.7 Å². The minimum atomic E-state index is -0.778.